The van der Waals surface area contributed by atoms with Crippen molar-refractivity contribution in [2.45, 2.75) is 6.42 Å². The molecular formula is C20H25ClN2O4. The van der Waals surface area contributed by atoms with Gasteiger partial charge in [-0.15, -0.1) is 0 Å². The Labute approximate surface area is 165 Å². The summed E-state index contributed by atoms with van der Waals surface area (Å²) in [4.78, 5) is 14.3. The second-order valence-corrected chi connectivity index (χ2v) is 6.51. The van der Waals surface area contributed by atoms with E-state index in [1.54, 1.807) is 39.5 Å². The average molecular weight is 393 g/mol. The van der Waals surface area contributed by atoms with Gasteiger partial charge in [0.2, 0.25) is 5.91 Å². The molecule has 2 aromatic rings. The minimum Gasteiger partial charge on any atom is -0.495 e. The number of hydrogen-bond acceptors (Lipinski definition) is 5. The molecule has 0 spiro atoms. The van der Waals surface area contributed by atoms with Crippen LogP contribution in [0.5, 0.6) is 17.2 Å². The van der Waals surface area contributed by atoms with E-state index in [-0.39, 0.29) is 12.5 Å². The number of methoxy groups -OCH3 is 3. The summed E-state index contributed by atoms with van der Waals surface area (Å²) >= 11 is 5.99. The van der Waals surface area contributed by atoms with Gasteiger partial charge in [0.1, 0.15) is 5.75 Å². The molecule has 1 amide bonds. The van der Waals surface area contributed by atoms with Crippen LogP contribution in [0.2, 0.25) is 5.02 Å². The van der Waals surface area contributed by atoms with Gasteiger partial charge >= 0.3 is 0 Å². The topological polar surface area (TPSA) is 60.0 Å². The van der Waals surface area contributed by atoms with Gasteiger partial charge in [0.05, 0.1) is 33.6 Å². The van der Waals surface area contributed by atoms with E-state index in [1.165, 1.54) is 0 Å². The van der Waals surface area contributed by atoms with E-state index in [4.69, 9.17) is 25.8 Å². The first-order chi connectivity index (χ1) is 13.0. The van der Waals surface area contributed by atoms with Crippen LogP contribution in [0.4, 0.5) is 5.69 Å². The van der Waals surface area contributed by atoms with Gasteiger partial charge in [0, 0.05) is 11.6 Å². The molecule has 1 N–H and O–H groups in total. The highest BCUT2D eigenvalue weighted by Gasteiger charge is 2.11. The molecule has 2 aromatic carbocycles. The predicted molar refractivity (Wildman–Crippen MR) is 107 cm³/mol. The third-order valence-corrected chi connectivity index (χ3v) is 4.31. The standard InChI is InChI=1S/C20H25ClN2O4/c1-23(10-9-14-5-7-18(26-3)19(11-14)27-4)13-20(24)22-16-12-15(21)6-8-17(16)25-2/h5-8,11-12H,9-10,13H2,1-4H3,(H,22,24). The van der Waals surface area contributed by atoms with Crippen LogP contribution in [0.3, 0.4) is 0 Å². The highest BCUT2D eigenvalue weighted by molar-refractivity contribution is 6.31. The number of ether oxygens (including phenoxy) is 3. The first-order valence-corrected chi connectivity index (χ1v) is 8.87. The molecular weight excluding hydrogens is 368 g/mol. The monoisotopic (exact) mass is 392 g/mol. The normalized spacial score (nSPS) is 10.6. The molecule has 146 valence electrons. The molecule has 0 heterocycles. The van der Waals surface area contributed by atoms with Crippen molar-refractivity contribution in [2.75, 3.05) is 46.8 Å². The van der Waals surface area contributed by atoms with E-state index >= 15 is 0 Å². The largest absolute Gasteiger partial charge is 0.495 e. The number of rotatable bonds is 9. The van der Waals surface area contributed by atoms with Gasteiger partial charge < -0.3 is 19.5 Å². The fourth-order valence-electron chi connectivity index (χ4n) is 2.65. The number of benzene rings is 2. The summed E-state index contributed by atoms with van der Waals surface area (Å²) < 4.78 is 15.8. The SMILES string of the molecule is COc1ccc(Cl)cc1NC(=O)CN(C)CCc1ccc(OC)c(OC)c1. The Morgan fingerprint density at radius 3 is 2.33 bits per heavy atom. The molecule has 0 atom stereocenters. The summed E-state index contributed by atoms with van der Waals surface area (Å²) in [6.07, 6.45) is 0.782. The minimum atomic E-state index is -0.134. The average Bonchev–Trinajstić information content (AvgIpc) is 2.66. The van der Waals surface area contributed by atoms with E-state index in [0.29, 0.717) is 28.0 Å². The van der Waals surface area contributed by atoms with Gasteiger partial charge in [-0.25, -0.2) is 0 Å². The summed E-state index contributed by atoms with van der Waals surface area (Å²) in [6.45, 7) is 0.971. The van der Waals surface area contributed by atoms with Crippen molar-refractivity contribution in [3.05, 3.63) is 47.0 Å². The van der Waals surface area contributed by atoms with Gasteiger partial charge in [-0.2, -0.15) is 0 Å². The predicted octanol–water partition coefficient (Wildman–Crippen LogP) is 3.48. The second-order valence-electron chi connectivity index (χ2n) is 6.07. The molecule has 0 bridgehead atoms. The van der Waals surface area contributed by atoms with Crippen molar-refractivity contribution in [3.63, 3.8) is 0 Å². The number of nitrogens with one attached hydrogen (secondary N) is 1. The van der Waals surface area contributed by atoms with Gasteiger partial charge in [-0.3, -0.25) is 9.69 Å². The molecule has 0 radical (unpaired) electrons. The highest BCUT2D eigenvalue weighted by atomic mass is 35.5. The van der Waals surface area contributed by atoms with E-state index in [2.05, 4.69) is 5.32 Å². The fourth-order valence-corrected chi connectivity index (χ4v) is 2.82. The van der Waals surface area contributed by atoms with Crippen molar-refractivity contribution in [1.29, 1.82) is 0 Å². The minimum absolute atomic E-state index is 0.134. The number of halogens is 1. The summed E-state index contributed by atoms with van der Waals surface area (Å²) in [7, 11) is 6.67. The van der Waals surface area contributed by atoms with Gasteiger partial charge in [0.25, 0.3) is 0 Å². The van der Waals surface area contributed by atoms with Gasteiger partial charge in [0.15, 0.2) is 11.5 Å². The third-order valence-electron chi connectivity index (χ3n) is 4.08. The number of carbonyl (C=O) groups is 1. The molecule has 6 nitrogen and oxygen atoms in total. The number of hydrogen-bond donors (Lipinski definition) is 1. The number of likely N-dealkylation sites (N-methyl/N-ethyl adjacent to an activating group) is 1. The molecule has 0 saturated heterocycles. The molecule has 0 fully saturated rings. The Morgan fingerprint density at radius 1 is 1.00 bits per heavy atom. The lowest BCUT2D eigenvalue weighted by molar-refractivity contribution is -0.117. The molecule has 2 rings (SSSR count). The smallest absolute Gasteiger partial charge is 0.238 e. The summed E-state index contributed by atoms with van der Waals surface area (Å²) in [5.41, 5.74) is 1.67. The van der Waals surface area contributed by atoms with Crippen LogP contribution in [-0.2, 0) is 11.2 Å². The first kappa shape index (κ1) is 20.9. The Kier molecular flexibility index (Phi) is 7.76. The highest BCUT2D eigenvalue weighted by Crippen LogP contribution is 2.28. The van der Waals surface area contributed by atoms with Crippen LogP contribution in [-0.4, -0.2) is 52.3 Å². The molecule has 7 heteroatoms. The zero-order chi connectivity index (χ0) is 19.8. The first-order valence-electron chi connectivity index (χ1n) is 8.49. The number of carbonyl (C=O) groups excluding carboxylic acids is 1. The zero-order valence-electron chi connectivity index (χ0n) is 16.0. The maximum Gasteiger partial charge on any atom is 0.238 e. The van der Waals surface area contributed by atoms with E-state index in [9.17, 15) is 4.79 Å². The lowest BCUT2D eigenvalue weighted by Crippen LogP contribution is -2.31. The summed E-state index contributed by atoms with van der Waals surface area (Å²) in [5, 5.41) is 3.37. The van der Waals surface area contributed by atoms with Crippen LogP contribution in [0.25, 0.3) is 0 Å². The Morgan fingerprint density at radius 2 is 1.67 bits per heavy atom. The lowest BCUT2D eigenvalue weighted by Gasteiger charge is -2.17. The van der Waals surface area contributed by atoms with Crippen molar-refractivity contribution < 1.29 is 19.0 Å². The van der Waals surface area contributed by atoms with Crippen LogP contribution < -0.4 is 19.5 Å². The molecule has 0 aliphatic carbocycles. The molecule has 0 aliphatic rings. The van der Waals surface area contributed by atoms with Gasteiger partial charge in [-0.05, 0) is 49.4 Å². The van der Waals surface area contributed by atoms with Crippen molar-refractivity contribution >= 4 is 23.2 Å². The number of amides is 1. The second kappa shape index (κ2) is 10.0. The number of anilines is 1. The van der Waals surface area contributed by atoms with Crippen LogP contribution in [0.15, 0.2) is 36.4 Å². The molecule has 0 aromatic heterocycles. The molecule has 0 aliphatic heterocycles. The molecule has 27 heavy (non-hydrogen) atoms. The quantitative estimate of drug-likeness (QED) is 0.708. The fraction of sp³-hybridized carbons (Fsp3) is 0.350. The Bertz CT molecular complexity index is 783. The van der Waals surface area contributed by atoms with Crippen LogP contribution in [0.1, 0.15) is 5.56 Å². The van der Waals surface area contributed by atoms with Gasteiger partial charge in [-0.1, -0.05) is 17.7 Å². The number of nitrogens with zero attached hydrogens (tertiary/aromatic N) is 1. The molecule has 0 unspecified atom stereocenters. The lowest BCUT2D eigenvalue weighted by atomic mass is 10.1. The van der Waals surface area contributed by atoms with E-state index in [0.717, 1.165) is 18.5 Å². The molecule has 0 saturated carbocycles. The van der Waals surface area contributed by atoms with E-state index in [1.807, 2.05) is 30.1 Å². The zero-order valence-corrected chi connectivity index (χ0v) is 16.8. The Hall–Kier alpha value is -2.44. The van der Waals surface area contributed by atoms with Crippen LogP contribution >= 0.6 is 11.6 Å². The maximum atomic E-state index is 12.3. The third kappa shape index (κ3) is 6.05. The Balaban J connectivity index is 1.89. The van der Waals surface area contributed by atoms with Crippen molar-refractivity contribution in [3.8, 4) is 17.2 Å². The summed E-state index contributed by atoms with van der Waals surface area (Å²) in [5.74, 6) is 1.83. The maximum absolute atomic E-state index is 12.3. The van der Waals surface area contributed by atoms with Crippen LogP contribution in [0, 0.1) is 0 Å². The summed E-state index contributed by atoms with van der Waals surface area (Å²) in [6, 6.07) is 10.9. The van der Waals surface area contributed by atoms with E-state index < -0.39 is 0 Å². The van der Waals surface area contributed by atoms with Crippen molar-refractivity contribution in [1.82, 2.24) is 4.90 Å². The van der Waals surface area contributed by atoms with Crippen molar-refractivity contribution in [2.24, 2.45) is 0 Å².